The van der Waals surface area contributed by atoms with Crippen LogP contribution in [0.15, 0.2) is 60.0 Å². The number of hydrogen-bond acceptors (Lipinski definition) is 8. The lowest BCUT2D eigenvalue weighted by Gasteiger charge is -2.24. The van der Waals surface area contributed by atoms with Crippen molar-refractivity contribution < 1.29 is 35.4 Å². The van der Waals surface area contributed by atoms with Gasteiger partial charge in [0.15, 0.2) is 12.0 Å². The highest BCUT2D eigenvalue weighted by Gasteiger charge is 2.31. The van der Waals surface area contributed by atoms with Gasteiger partial charge in [-0.2, -0.15) is 16.8 Å². The molecule has 2 aromatic rings. The molecule has 4 rings (SSSR count). The first-order valence-corrected chi connectivity index (χ1v) is 16.1. The van der Waals surface area contributed by atoms with E-state index in [1.165, 1.54) is 0 Å². The van der Waals surface area contributed by atoms with Crippen molar-refractivity contribution in [2.75, 3.05) is 34.4 Å². The number of halogens is 2. The van der Waals surface area contributed by atoms with Crippen molar-refractivity contribution in [1.82, 2.24) is 0 Å². The molecule has 0 aromatic heterocycles. The Morgan fingerprint density at radius 3 is 2.13 bits per heavy atom. The third-order valence-corrected chi connectivity index (χ3v) is 8.22. The number of benzene rings is 2. The molecule has 0 fully saturated rings. The van der Waals surface area contributed by atoms with E-state index in [4.69, 9.17) is 41.8 Å². The summed E-state index contributed by atoms with van der Waals surface area (Å²) in [5.41, 5.74) is 2.20. The molecule has 0 spiro atoms. The van der Waals surface area contributed by atoms with Crippen LogP contribution < -0.4 is 19.3 Å². The number of nitrogens with zero attached hydrogens (tertiary/aromatic N) is 2. The minimum Gasteiger partial charge on any atom is -0.465 e. The second-order valence-electron chi connectivity index (χ2n) is 9.04. The van der Waals surface area contributed by atoms with Crippen LogP contribution in [-0.4, -0.2) is 56.8 Å². The molecule has 2 N–H and O–H groups in total. The number of fused-ring (bicyclic) bond motifs is 2. The van der Waals surface area contributed by atoms with Gasteiger partial charge in [-0.05, 0) is 67.3 Å². The number of rotatable bonds is 11. The smallest absolute Gasteiger partial charge is 0.264 e. The molecule has 0 saturated carbocycles. The van der Waals surface area contributed by atoms with E-state index in [0.29, 0.717) is 45.2 Å². The van der Waals surface area contributed by atoms with Gasteiger partial charge in [0.1, 0.15) is 5.75 Å². The van der Waals surface area contributed by atoms with Gasteiger partial charge < -0.3 is 19.3 Å². The van der Waals surface area contributed by atoms with Crippen LogP contribution in [0.2, 0.25) is 10.0 Å². The number of hydrogen-bond donors (Lipinski definition) is 2. The summed E-state index contributed by atoms with van der Waals surface area (Å²) in [5.74, 6) is 0.791. The van der Waals surface area contributed by atoms with E-state index in [-0.39, 0.29) is 25.9 Å². The van der Waals surface area contributed by atoms with Crippen molar-refractivity contribution in [3.63, 3.8) is 0 Å². The summed E-state index contributed by atoms with van der Waals surface area (Å²) in [6.07, 6.45) is 4.01. The van der Waals surface area contributed by atoms with Crippen LogP contribution in [0.25, 0.3) is 0 Å². The molecular formula is C25H28Cl2N2O8S2. The Morgan fingerprint density at radius 1 is 0.923 bits per heavy atom. The summed E-state index contributed by atoms with van der Waals surface area (Å²) in [5, 5.41) is 0.983. The van der Waals surface area contributed by atoms with E-state index >= 15 is 0 Å². The van der Waals surface area contributed by atoms with Crippen LogP contribution in [0, 0.1) is 0 Å². The lowest BCUT2D eigenvalue weighted by Crippen LogP contribution is -2.35. The predicted molar refractivity (Wildman–Crippen MR) is 151 cm³/mol. The minimum absolute atomic E-state index is 0.153. The molecule has 2 aliphatic rings. The quantitative estimate of drug-likeness (QED) is 0.325. The average Bonchev–Trinajstić information content (AvgIpc) is 3.34. The molecule has 2 aliphatic heterocycles. The number of allylic oxidation sites excluding steroid dienone is 2. The van der Waals surface area contributed by atoms with Gasteiger partial charge in [-0.1, -0.05) is 30.1 Å². The lowest BCUT2D eigenvalue weighted by molar-refractivity contribution is 0.272. The monoisotopic (exact) mass is 618 g/mol. The predicted octanol–water partition coefficient (Wildman–Crippen LogP) is 5.15. The molecular weight excluding hydrogens is 591 g/mol. The first-order valence-electron chi connectivity index (χ1n) is 12.1. The maximum atomic E-state index is 11.3. The van der Waals surface area contributed by atoms with Crippen LogP contribution in [0.1, 0.15) is 26.2 Å². The maximum Gasteiger partial charge on any atom is 0.264 e. The largest absolute Gasteiger partial charge is 0.465 e. The zero-order valence-corrected chi connectivity index (χ0v) is 24.1. The van der Waals surface area contributed by atoms with E-state index in [9.17, 15) is 16.8 Å². The van der Waals surface area contributed by atoms with E-state index in [0.717, 1.165) is 5.57 Å². The Kier molecular flexibility index (Phi) is 9.04. The zero-order chi connectivity index (χ0) is 28.4. The van der Waals surface area contributed by atoms with Crippen LogP contribution in [0.5, 0.6) is 11.5 Å². The van der Waals surface area contributed by atoms with Crippen LogP contribution in [0.3, 0.4) is 0 Å². The molecule has 0 aliphatic carbocycles. The highest BCUT2D eigenvalue weighted by atomic mass is 35.5. The summed E-state index contributed by atoms with van der Waals surface area (Å²) in [7, 11) is -8.24. The van der Waals surface area contributed by atoms with E-state index in [1.807, 2.05) is 24.0 Å². The molecule has 212 valence electrons. The molecule has 2 heterocycles. The van der Waals surface area contributed by atoms with Crippen molar-refractivity contribution in [1.29, 1.82) is 0 Å². The van der Waals surface area contributed by atoms with Gasteiger partial charge in [0.2, 0.25) is 5.88 Å². The SMILES string of the molecule is CCC(=CC1Oc2ccc(Cl)cc2N1CCCS(=O)(=O)O)C=C1Oc2ccc(Cl)cc2N1CCCS(=O)(=O)O. The summed E-state index contributed by atoms with van der Waals surface area (Å²) in [6.45, 7) is 2.48. The van der Waals surface area contributed by atoms with Crippen molar-refractivity contribution in [3.8, 4) is 11.5 Å². The average molecular weight is 620 g/mol. The molecule has 0 amide bonds. The van der Waals surface area contributed by atoms with Crippen LogP contribution in [-0.2, 0) is 20.2 Å². The first kappa shape index (κ1) is 29.5. The topological polar surface area (TPSA) is 134 Å². The second kappa shape index (κ2) is 11.9. The number of ether oxygens (including phenoxy) is 2. The normalized spacial score (nSPS) is 18.2. The first-order chi connectivity index (χ1) is 18.3. The standard InChI is InChI=1S/C25H28Cl2N2O8S2/c1-2-17(13-24-28(9-3-11-38(30,31)32)20-15-18(26)5-7-22(20)36-24)14-25-29(10-4-12-39(33,34)35)21-16-19(27)6-8-23(21)37-25/h5-8,13-16,24H,2-4,9-12H2,1H3,(H,30,31,32)(H,33,34,35). The Morgan fingerprint density at radius 2 is 1.51 bits per heavy atom. The molecule has 14 heteroatoms. The van der Waals surface area contributed by atoms with Crippen molar-refractivity contribution in [2.24, 2.45) is 0 Å². The minimum atomic E-state index is -4.12. The Bertz CT molecular complexity index is 1510. The lowest BCUT2D eigenvalue weighted by atomic mass is 10.1. The van der Waals surface area contributed by atoms with E-state index in [1.54, 1.807) is 41.3 Å². The molecule has 0 saturated heterocycles. The third kappa shape index (κ3) is 7.80. The number of anilines is 2. The second-order valence-corrected chi connectivity index (χ2v) is 13.1. The summed E-state index contributed by atoms with van der Waals surface area (Å²) >= 11 is 12.4. The van der Waals surface area contributed by atoms with Crippen molar-refractivity contribution >= 4 is 54.8 Å². The molecule has 39 heavy (non-hydrogen) atoms. The molecule has 0 bridgehead atoms. The highest BCUT2D eigenvalue weighted by molar-refractivity contribution is 7.86. The fraction of sp³-hybridized carbons (Fsp3) is 0.360. The van der Waals surface area contributed by atoms with Crippen LogP contribution >= 0.6 is 23.2 Å². The van der Waals surface area contributed by atoms with E-state index < -0.39 is 38.0 Å². The van der Waals surface area contributed by atoms with Gasteiger partial charge in [-0.25, -0.2) is 0 Å². The van der Waals surface area contributed by atoms with Gasteiger partial charge in [0, 0.05) is 29.2 Å². The molecule has 0 radical (unpaired) electrons. The molecule has 10 nitrogen and oxygen atoms in total. The van der Waals surface area contributed by atoms with E-state index in [2.05, 4.69) is 0 Å². The van der Waals surface area contributed by atoms with Gasteiger partial charge >= 0.3 is 0 Å². The Labute approximate surface area is 237 Å². The zero-order valence-electron chi connectivity index (χ0n) is 21.0. The van der Waals surface area contributed by atoms with Crippen molar-refractivity contribution in [3.05, 3.63) is 70.1 Å². The maximum absolute atomic E-state index is 11.3. The Hall–Kier alpha value is -2.48. The highest BCUT2D eigenvalue weighted by Crippen LogP contribution is 2.42. The van der Waals surface area contributed by atoms with Gasteiger partial charge in [-0.15, -0.1) is 0 Å². The Balaban J connectivity index is 1.62. The molecule has 1 atom stereocenters. The van der Waals surface area contributed by atoms with Crippen molar-refractivity contribution in [2.45, 2.75) is 32.4 Å². The van der Waals surface area contributed by atoms with Gasteiger partial charge in [0.05, 0.1) is 22.9 Å². The summed E-state index contributed by atoms with van der Waals surface area (Å²) < 4.78 is 75.6. The molecule has 2 aromatic carbocycles. The van der Waals surface area contributed by atoms with Crippen LogP contribution in [0.4, 0.5) is 11.4 Å². The third-order valence-electron chi connectivity index (χ3n) is 6.14. The summed E-state index contributed by atoms with van der Waals surface area (Å²) in [6, 6.07) is 10.3. The fourth-order valence-electron chi connectivity index (χ4n) is 4.36. The van der Waals surface area contributed by atoms with Gasteiger partial charge in [0.25, 0.3) is 20.2 Å². The fourth-order valence-corrected chi connectivity index (χ4v) is 5.68. The summed E-state index contributed by atoms with van der Waals surface area (Å²) in [4.78, 5) is 3.66. The van der Waals surface area contributed by atoms with Gasteiger partial charge in [-0.3, -0.25) is 9.11 Å². The molecule has 1 unspecified atom stereocenters.